The van der Waals surface area contributed by atoms with Crippen LogP contribution < -0.4 is 0 Å². The Balaban J connectivity index is 1.50. The number of likely N-dealkylation sites (tertiary alicyclic amines) is 1. The summed E-state index contributed by atoms with van der Waals surface area (Å²) in [5.41, 5.74) is 1.50. The number of pyridine rings is 1. The van der Waals surface area contributed by atoms with Crippen molar-refractivity contribution in [2.45, 2.75) is 18.6 Å². The van der Waals surface area contributed by atoms with Gasteiger partial charge in [0.05, 0.1) is 24.9 Å². The molecule has 6 nitrogen and oxygen atoms in total. The summed E-state index contributed by atoms with van der Waals surface area (Å²) >= 11 is 0. The quantitative estimate of drug-likeness (QED) is 0.864. The number of aromatic amines is 1. The molecule has 110 valence electrons. The maximum absolute atomic E-state index is 12.6. The lowest BCUT2D eigenvalue weighted by atomic mass is 10.0. The third kappa shape index (κ3) is 2.20. The predicted molar refractivity (Wildman–Crippen MR) is 75.9 cm³/mol. The first-order valence-corrected chi connectivity index (χ1v) is 7.26. The Kier molecular flexibility index (Phi) is 2.94. The van der Waals surface area contributed by atoms with E-state index in [0.717, 1.165) is 23.7 Å². The first-order chi connectivity index (χ1) is 10.3. The van der Waals surface area contributed by atoms with Crippen LogP contribution in [0.2, 0.25) is 0 Å². The maximum atomic E-state index is 12.6. The third-order valence-corrected chi connectivity index (χ3v) is 4.28. The van der Waals surface area contributed by atoms with Gasteiger partial charge in [0.2, 0.25) is 0 Å². The van der Waals surface area contributed by atoms with Gasteiger partial charge in [-0.1, -0.05) is 0 Å². The molecule has 4 heterocycles. The van der Waals surface area contributed by atoms with Crippen LogP contribution in [0.25, 0.3) is 10.9 Å². The van der Waals surface area contributed by atoms with Gasteiger partial charge in [-0.3, -0.25) is 9.78 Å². The Morgan fingerprint density at radius 3 is 2.76 bits per heavy atom. The molecular weight excluding hydrogens is 270 g/mol. The fraction of sp³-hybridized carbons (Fsp3) is 0.467. The molecule has 1 N–H and O–H groups in total. The number of carbonyl (C=O) groups excluding carboxylic acids is 1. The van der Waals surface area contributed by atoms with Crippen molar-refractivity contribution in [1.29, 1.82) is 0 Å². The summed E-state index contributed by atoms with van der Waals surface area (Å²) in [5.74, 6) is -0.416. The van der Waals surface area contributed by atoms with Crippen molar-refractivity contribution in [2.75, 3.05) is 26.3 Å². The molecule has 0 bridgehead atoms. The molecule has 4 rings (SSSR count). The normalized spacial score (nSPS) is 21.2. The average Bonchev–Trinajstić information content (AvgIpc) is 3.14. The average molecular weight is 287 g/mol. The highest BCUT2D eigenvalue weighted by molar-refractivity contribution is 5.97. The number of hydrogen-bond donors (Lipinski definition) is 1. The van der Waals surface area contributed by atoms with Gasteiger partial charge in [0.15, 0.2) is 5.79 Å². The lowest BCUT2D eigenvalue weighted by Gasteiger charge is -2.37. The highest BCUT2D eigenvalue weighted by atomic mass is 16.7. The molecule has 0 aromatic carbocycles. The lowest BCUT2D eigenvalue weighted by Crippen LogP contribution is -2.47. The van der Waals surface area contributed by atoms with Gasteiger partial charge in [-0.05, 0) is 12.1 Å². The number of ether oxygens (including phenoxy) is 2. The molecule has 0 aliphatic carbocycles. The molecule has 2 saturated heterocycles. The Labute approximate surface area is 122 Å². The molecule has 2 aliphatic heterocycles. The molecule has 0 unspecified atom stereocenters. The Morgan fingerprint density at radius 2 is 2.05 bits per heavy atom. The number of carbonyl (C=O) groups is 1. The number of amides is 1. The Hall–Kier alpha value is -1.92. The summed E-state index contributed by atoms with van der Waals surface area (Å²) in [6, 6.07) is 3.78. The fourth-order valence-corrected chi connectivity index (χ4v) is 3.09. The molecule has 2 fully saturated rings. The number of aromatic nitrogens is 2. The minimum atomic E-state index is -0.443. The topological polar surface area (TPSA) is 67.5 Å². The minimum absolute atomic E-state index is 0.0269. The van der Waals surface area contributed by atoms with Gasteiger partial charge in [0.1, 0.15) is 5.69 Å². The van der Waals surface area contributed by atoms with Crippen molar-refractivity contribution < 1.29 is 14.3 Å². The molecule has 1 amide bonds. The minimum Gasteiger partial charge on any atom is -0.349 e. The molecule has 2 aromatic rings. The smallest absolute Gasteiger partial charge is 0.270 e. The number of nitrogens with one attached hydrogen (secondary N) is 1. The Bertz CT molecular complexity index is 633. The van der Waals surface area contributed by atoms with E-state index in [0.29, 0.717) is 32.0 Å². The third-order valence-electron chi connectivity index (χ3n) is 4.28. The summed E-state index contributed by atoms with van der Waals surface area (Å²) in [5, 5.41) is 1.00. The summed E-state index contributed by atoms with van der Waals surface area (Å²) in [6.07, 6.45) is 4.93. The van der Waals surface area contributed by atoms with E-state index >= 15 is 0 Å². The van der Waals surface area contributed by atoms with E-state index in [1.807, 2.05) is 17.0 Å². The zero-order valence-electron chi connectivity index (χ0n) is 11.7. The zero-order valence-corrected chi connectivity index (χ0v) is 11.7. The van der Waals surface area contributed by atoms with Crippen molar-refractivity contribution in [3.05, 3.63) is 30.2 Å². The van der Waals surface area contributed by atoms with Gasteiger partial charge in [0.25, 0.3) is 5.91 Å². The van der Waals surface area contributed by atoms with Crippen molar-refractivity contribution in [1.82, 2.24) is 14.9 Å². The van der Waals surface area contributed by atoms with Crippen LogP contribution >= 0.6 is 0 Å². The first-order valence-electron chi connectivity index (χ1n) is 7.26. The van der Waals surface area contributed by atoms with Gasteiger partial charge < -0.3 is 19.4 Å². The molecule has 0 atom stereocenters. The number of rotatable bonds is 1. The van der Waals surface area contributed by atoms with Crippen LogP contribution in [-0.4, -0.2) is 52.9 Å². The fourth-order valence-electron chi connectivity index (χ4n) is 3.09. The Morgan fingerprint density at radius 1 is 1.29 bits per heavy atom. The van der Waals surface area contributed by atoms with Crippen LogP contribution in [0.15, 0.2) is 24.5 Å². The van der Waals surface area contributed by atoms with Crippen molar-refractivity contribution in [3.63, 3.8) is 0 Å². The van der Waals surface area contributed by atoms with Crippen molar-refractivity contribution in [3.8, 4) is 0 Å². The highest BCUT2D eigenvalue weighted by Crippen LogP contribution is 2.31. The monoisotopic (exact) mass is 287 g/mol. The summed E-state index contributed by atoms with van der Waals surface area (Å²) in [6.45, 7) is 2.63. The number of H-pyrrole nitrogens is 1. The molecule has 2 aromatic heterocycles. The predicted octanol–water partition coefficient (Wildman–Crippen LogP) is 1.54. The first kappa shape index (κ1) is 12.8. The van der Waals surface area contributed by atoms with Crippen LogP contribution in [0.4, 0.5) is 0 Å². The molecule has 2 aliphatic rings. The summed E-state index contributed by atoms with van der Waals surface area (Å²) in [7, 11) is 0. The number of hydrogen-bond acceptors (Lipinski definition) is 4. The summed E-state index contributed by atoms with van der Waals surface area (Å²) < 4.78 is 11.4. The van der Waals surface area contributed by atoms with E-state index in [2.05, 4.69) is 9.97 Å². The highest BCUT2D eigenvalue weighted by Gasteiger charge is 2.40. The van der Waals surface area contributed by atoms with Gasteiger partial charge in [0, 0.05) is 37.5 Å². The molecule has 0 radical (unpaired) electrons. The molecule has 21 heavy (non-hydrogen) atoms. The standard InChI is InChI=1S/C15H17N3O3/c19-14(12-9-11-1-4-16-10-13(11)17-12)18-5-2-15(3-6-18)20-7-8-21-15/h1,4,9-10,17H,2-3,5-8H2. The number of fused-ring (bicyclic) bond motifs is 1. The molecule has 6 heteroatoms. The van der Waals surface area contributed by atoms with Crippen LogP contribution in [0.3, 0.4) is 0 Å². The van der Waals surface area contributed by atoms with Crippen LogP contribution in [0, 0.1) is 0 Å². The van der Waals surface area contributed by atoms with Gasteiger partial charge in [-0.25, -0.2) is 0 Å². The van der Waals surface area contributed by atoms with E-state index in [9.17, 15) is 4.79 Å². The van der Waals surface area contributed by atoms with E-state index in [-0.39, 0.29) is 5.91 Å². The van der Waals surface area contributed by atoms with Gasteiger partial charge in [-0.2, -0.15) is 0 Å². The summed E-state index contributed by atoms with van der Waals surface area (Å²) in [4.78, 5) is 21.6. The second-order valence-electron chi connectivity index (χ2n) is 5.55. The van der Waals surface area contributed by atoms with Crippen LogP contribution in [0.1, 0.15) is 23.3 Å². The largest absolute Gasteiger partial charge is 0.349 e. The molecular formula is C15H17N3O3. The van der Waals surface area contributed by atoms with E-state index in [4.69, 9.17) is 9.47 Å². The van der Waals surface area contributed by atoms with Gasteiger partial charge >= 0.3 is 0 Å². The van der Waals surface area contributed by atoms with Crippen molar-refractivity contribution in [2.24, 2.45) is 0 Å². The van der Waals surface area contributed by atoms with E-state index < -0.39 is 5.79 Å². The molecule has 1 spiro atoms. The van der Waals surface area contributed by atoms with E-state index in [1.165, 1.54) is 0 Å². The number of nitrogens with zero attached hydrogens (tertiary/aromatic N) is 2. The van der Waals surface area contributed by atoms with Crippen LogP contribution in [0.5, 0.6) is 0 Å². The second-order valence-corrected chi connectivity index (χ2v) is 5.55. The van der Waals surface area contributed by atoms with Crippen molar-refractivity contribution >= 4 is 16.8 Å². The lowest BCUT2D eigenvalue weighted by molar-refractivity contribution is -0.181. The zero-order chi connectivity index (χ0) is 14.3. The molecule has 0 saturated carbocycles. The number of piperidine rings is 1. The second kappa shape index (κ2) is 4.82. The van der Waals surface area contributed by atoms with E-state index in [1.54, 1.807) is 12.4 Å². The van der Waals surface area contributed by atoms with Gasteiger partial charge in [-0.15, -0.1) is 0 Å². The van der Waals surface area contributed by atoms with Crippen LogP contribution in [-0.2, 0) is 9.47 Å². The maximum Gasteiger partial charge on any atom is 0.270 e. The SMILES string of the molecule is O=C(c1cc2ccncc2[nH]1)N1CCC2(CC1)OCCO2.